The maximum Gasteiger partial charge on any atom is 0.320 e. The zero-order valence-corrected chi connectivity index (χ0v) is 10.5. The van der Waals surface area contributed by atoms with Crippen LogP contribution >= 0.6 is 0 Å². The van der Waals surface area contributed by atoms with E-state index in [4.69, 9.17) is 10.00 Å². The van der Waals surface area contributed by atoms with Crippen molar-refractivity contribution in [1.29, 1.82) is 5.26 Å². The highest BCUT2D eigenvalue weighted by Crippen LogP contribution is 2.24. The van der Waals surface area contributed by atoms with Crippen LogP contribution in [0.4, 0.5) is 0 Å². The van der Waals surface area contributed by atoms with Crippen LogP contribution in [0.5, 0.6) is 0 Å². The fourth-order valence-corrected chi connectivity index (χ4v) is 2.80. The number of hydrogen-bond acceptors (Lipinski definition) is 3. The molecule has 4 nitrogen and oxygen atoms in total. The van der Waals surface area contributed by atoms with Gasteiger partial charge in [-0.3, -0.25) is 4.79 Å². The van der Waals surface area contributed by atoms with Crippen LogP contribution < -0.4 is 5.32 Å². The van der Waals surface area contributed by atoms with E-state index < -0.39 is 5.97 Å². The fourth-order valence-electron chi connectivity index (χ4n) is 2.80. The Morgan fingerprint density at radius 1 is 1.38 bits per heavy atom. The Morgan fingerprint density at radius 3 is 2.31 bits per heavy atom. The molecule has 1 aliphatic heterocycles. The molecule has 0 aromatic carbocycles. The summed E-state index contributed by atoms with van der Waals surface area (Å²) < 4.78 is 5.32. The predicted molar refractivity (Wildman–Crippen MR) is 59.4 cm³/mol. The molecule has 0 saturated carbocycles. The molecule has 1 fully saturated rings. The average molecular weight is 225 g/mol. The monoisotopic (exact) mass is 225 g/mol. The first-order valence-corrected chi connectivity index (χ1v) is 5.68. The highest BCUT2D eigenvalue weighted by Gasteiger charge is 2.43. The van der Waals surface area contributed by atoms with Crippen molar-refractivity contribution in [3.63, 3.8) is 0 Å². The Bertz CT molecular complexity index is 299. The molecular formula is C12H21N2O2+. The molecular weight excluding hydrogens is 204 g/mol. The fraction of sp³-hybridized carbons (Fsp3) is 0.833. The minimum atomic E-state index is -0.402. The lowest BCUT2D eigenvalue weighted by Gasteiger charge is -2.42. The van der Waals surface area contributed by atoms with Crippen molar-refractivity contribution in [3.8, 4) is 6.07 Å². The molecule has 0 aromatic heterocycles. The number of carbonyl (C=O) groups is 1. The Hall–Kier alpha value is -1.08. The van der Waals surface area contributed by atoms with Crippen molar-refractivity contribution in [2.75, 3.05) is 0 Å². The van der Waals surface area contributed by atoms with Gasteiger partial charge in [0.2, 0.25) is 0 Å². The van der Waals surface area contributed by atoms with Crippen molar-refractivity contribution < 1.29 is 14.8 Å². The second-order valence-corrected chi connectivity index (χ2v) is 5.98. The Balaban J connectivity index is 2.61. The summed E-state index contributed by atoms with van der Waals surface area (Å²) in [7, 11) is 0. The smallest absolute Gasteiger partial charge is 0.320 e. The van der Waals surface area contributed by atoms with E-state index in [-0.39, 0.29) is 23.6 Å². The van der Waals surface area contributed by atoms with Crippen LogP contribution in [0.25, 0.3) is 0 Å². The Morgan fingerprint density at radius 2 is 1.88 bits per heavy atom. The van der Waals surface area contributed by atoms with E-state index in [2.05, 4.69) is 33.0 Å². The molecule has 1 saturated heterocycles. The van der Waals surface area contributed by atoms with Crippen molar-refractivity contribution in [3.05, 3.63) is 0 Å². The summed E-state index contributed by atoms with van der Waals surface area (Å²) in [4.78, 5) is 11.3. The van der Waals surface area contributed by atoms with E-state index in [1.807, 2.05) is 6.07 Å². The summed E-state index contributed by atoms with van der Waals surface area (Å²) in [6, 6.07) is 1.82. The second kappa shape index (κ2) is 4.42. The third-order valence-electron chi connectivity index (χ3n) is 2.81. The summed E-state index contributed by atoms with van der Waals surface area (Å²) in [6.45, 7) is 8.61. The molecule has 0 radical (unpaired) electrons. The number of nitrogens with zero attached hydrogens (tertiary/aromatic N) is 1. The molecule has 1 heterocycles. The van der Waals surface area contributed by atoms with E-state index in [0.717, 1.165) is 12.8 Å². The van der Waals surface area contributed by atoms with Crippen LogP contribution in [0.1, 0.15) is 47.0 Å². The van der Waals surface area contributed by atoms with Crippen LogP contribution in [0, 0.1) is 11.3 Å². The van der Waals surface area contributed by atoms with Gasteiger partial charge in [0.05, 0.1) is 17.1 Å². The number of hydrogen-bond donors (Lipinski definition) is 1. The third-order valence-corrected chi connectivity index (χ3v) is 2.81. The molecule has 4 heteroatoms. The molecule has 2 N–H and O–H groups in total. The van der Waals surface area contributed by atoms with Gasteiger partial charge in [-0.2, -0.15) is 5.26 Å². The van der Waals surface area contributed by atoms with Gasteiger partial charge in [-0.05, 0) is 27.7 Å². The normalized spacial score (nSPS) is 23.4. The molecule has 0 bridgehead atoms. The molecule has 0 aromatic rings. The van der Waals surface area contributed by atoms with Crippen LogP contribution in [0.3, 0.4) is 0 Å². The van der Waals surface area contributed by atoms with E-state index in [1.165, 1.54) is 0 Å². The minimum absolute atomic E-state index is 0.0594. The number of esters is 1. The zero-order chi connectivity index (χ0) is 12.4. The van der Waals surface area contributed by atoms with Crippen molar-refractivity contribution in [2.24, 2.45) is 0 Å². The van der Waals surface area contributed by atoms with Gasteiger partial charge >= 0.3 is 5.97 Å². The largest absolute Gasteiger partial charge is 0.461 e. The van der Waals surface area contributed by atoms with Gasteiger partial charge in [0.15, 0.2) is 0 Å². The molecule has 0 unspecified atom stereocenters. The summed E-state index contributed by atoms with van der Waals surface area (Å²) >= 11 is 0. The molecule has 1 aliphatic rings. The van der Waals surface area contributed by atoms with Crippen LogP contribution in [0.15, 0.2) is 0 Å². The number of nitriles is 1. The van der Waals surface area contributed by atoms with Gasteiger partial charge in [-0.25, -0.2) is 0 Å². The summed E-state index contributed by atoms with van der Waals surface area (Å²) in [6.07, 6.45) is 1.47. The number of nitrogens with two attached hydrogens (primary N) is 1. The van der Waals surface area contributed by atoms with Crippen molar-refractivity contribution in [2.45, 2.75) is 64.1 Å². The molecule has 16 heavy (non-hydrogen) atoms. The molecule has 0 aliphatic carbocycles. The molecule has 1 rings (SSSR count). The van der Waals surface area contributed by atoms with Crippen LogP contribution in [-0.2, 0) is 9.53 Å². The van der Waals surface area contributed by atoms with Gasteiger partial charge < -0.3 is 10.1 Å². The van der Waals surface area contributed by atoms with Crippen molar-refractivity contribution >= 4 is 5.97 Å². The maximum atomic E-state index is 11.3. The van der Waals surface area contributed by atoms with E-state index in [1.54, 1.807) is 0 Å². The maximum absolute atomic E-state index is 11.3. The predicted octanol–water partition coefficient (Wildman–Crippen LogP) is 0.726. The highest BCUT2D eigenvalue weighted by molar-refractivity contribution is 5.71. The number of ether oxygens (including phenoxy) is 1. The first-order valence-electron chi connectivity index (χ1n) is 5.68. The van der Waals surface area contributed by atoms with Gasteiger partial charge in [0.1, 0.15) is 12.5 Å². The van der Waals surface area contributed by atoms with Crippen molar-refractivity contribution in [1.82, 2.24) is 0 Å². The molecule has 0 spiro atoms. The number of carbonyl (C=O) groups excluding carboxylic acids is 1. The third kappa shape index (κ3) is 3.82. The second-order valence-electron chi connectivity index (χ2n) is 5.98. The topological polar surface area (TPSA) is 66.7 Å². The van der Waals surface area contributed by atoms with Crippen LogP contribution in [-0.4, -0.2) is 23.2 Å². The molecule has 0 atom stereocenters. The summed E-state index contributed by atoms with van der Waals surface area (Å²) in [5, 5.41) is 10.7. The first-order chi connectivity index (χ1) is 7.24. The number of quaternary nitrogens is 1. The molecule has 0 amide bonds. The first kappa shape index (κ1) is 13.0. The Kier molecular flexibility index (Phi) is 3.59. The zero-order valence-electron chi connectivity index (χ0n) is 10.5. The summed E-state index contributed by atoms with van der Waals surface area (Å²) in [5.74, 6) is -0.402. The van der Waals surface area contributed by atoms with E-state index in [9.17, 15) is 4.79 Å². The molecule has 90 valence electrons. The van der Waals surface area contributed by atoms with Gasteiger partial charge in [-0.15, -0.1) is 0 Å². The van der Waals surface area contributed by atoms with Crippen LogP contribution in [0.2, 0.25) is 0 Å². The summed E-state index contributed by atoms with van der Waals surface area (Å²) in [5.41, 5.74) is 0.165. The van der Waals surface area contributed by atoms with Gasteiger partial charge in [-0.1, -0.05) is 0 Å². The minimum Gasteiger partial charge on any atom is -0.461 e. The average Bonchev–Trinajstić information content (AvgIpc) is 1.96. The number of piperidine rings is 1. The van der Waals surface area contributed by atoms with E-state index >= 15 is 0 Å². The standard InChI is InChI=1S/C12H20N2O2/c1-11(2)7-9(8-12(3,4)14-11)16-10(15)5-6-13/h9,14H,5,7-8H2,1-4H3/p+1. The van der Waals surface area contributed by atoms with E-state index in [0.29, 0.717) is 0 Å². The lowest BCUT2D eigenvalue weighted by Crippen LogP contribution is -3.06. The SMILES string of the molecule is CC1(C)CC(OC(=O)CC#N)CC(C)(C)[NH2+]1. The number of rotatable bonds is 2. The Labute approximate surface area is 97.0 Å². The highest BCUT2D eigenvalue weighted by atomic mass is 16.5. The lowest BCUT2D eigenvalue weighted by atomic mass is 9.81. The lowest BCUT2D eigenvalue weighted by molar-refractivity contribution is -0.789. The quantitative estimate of drug-likeness (QED) is 0.704. The van der Waals surface area contributed by atoms with Gasteiger partial charge in [0.25, 0.3) is 0 Å². The van der Waals surface area contributed by atoms with Gasteiger partial charge in [0, 0.05) is 12.8 Å².